The van der Waals surface area contributed by atoms with Crippen molar-refractivity contribution in [2.24, 2.45) is 0 Å². The highest BCUT2D eigenvalue weighted by atomic mass is 16.5. The van der Waals surface area contributed by atoms with Gasteiger partial charge >= 0.3 is 0 Å². The zero-order valence-electron chi connectivity index (χ0n) is 13.4. The predicted octanol–water partition coefficient (Wildman–Crippen LogP) is 2.50. The Bertz CT molecular complexity index is 457. The Hall–Kier alpha value is -1.13. The SMILES string of the molecule is Cc1nc(N2CCOCC2(C)C)ccc1CNC(C)C. The van der Waals surface area contributed by atoms with E-state index in [1.165, 1.54) is 5.56 Å². The molecule has 0 radical (unpaired) electrons. The standard InChI is InChI=1S/C16H27N3O/c1-12(2)17-10-14-6-7-15(18-13(14)3)19-8-9-20-11-16(19,4)5/h6-7,12,17H,8-11H2,1-5H3. The number of aryl methyl sites for hydroxylation is 1. The lowest BCUT2D eigenvalue weighted by atomic mass is 10.0. The molecule has 1 fully saturated rings. The van der Waals surface area contributed by atoms with E-state index in [2.05, 4.69) is 57.0 Å². The molecule has 1 saturated heterocycles. The van der Waals surface area contributed by atoms with Crippen LogP contribution in [0.25, 0.3) is 0 Å². The number of pyridine rings is 1. The van der Waals surface area contributed by atoms with Crippen LogP contribution in [-0.4, -0.2) is 36.3 Å². The number of hydrogen-bond donors (Lipinski definition) is 1. The van der Waals surface area contributed by atoms with Crippen molar-refractivity contribution >= 4 is 5.82 Å². The highest BCUT2D eigenvalue weighted by molar-refractivity contribution is 5.45. The summed E-state index contributed by atoms with van der Waals surface area (Å²) >= 11 is 0. The number of ether oxygens (including phenoxy) is 1. The van der Waals surface area contributed by atoms with E-state index in [0.29, 0.717) is 6.04 Å². The second kappa shape index (κ2) is 6.10. The van der Waals surface area contributed by atoms with Gasteiger partial charge in [0.2, 0.25) is 0 Å². The van der Waals surface area contributed by atoms with E-state index in [1.807, 2.05) is 0 Å². The summed E-state index contributed by atoms with van der Waals surface area (Å²) in [5, 5.41) is 3.44. The van der Waals surface area contributed by atoms with Gasteiger partial charge in [-0.3, -0.25) is 0 Å². The molecule has 0 atom stereocenters. The smallest absolute Gasteiger partial charge is 0.129 e. The Labute approximate surface area is 122 Å². The van der Waals surface area contributed by atoms with Gasteiger partial charge < -0.3 is 15.0 Å². The molecule has 1 aliphatic rings. The molecule has 0 unspecified atom stereocenters. The van der Waals surface area contributed by atoms with Crippen LogP contribution < -0.4 is 10.2 Å². The molecular formula is C16H27N3O. The number of morpholine rings is 1. The molecule has 0 aromatic carbocycles. The lowest BCUT2D eigenvalue weighted by molar-refractivity contribution is 0.0639. The summed E-state index contributed by atoms with van der Waals surface area (Å²) in [5.41, 5.74) is 2.39. The maximum absolute atomic E-state index is 5.58. The number of nitrogens with one attached hydrogen (secondary N) is 1. The van der Waals surface area contributed by atoms with Gasteiger partial charge in [0.1, 0.15) is 5.82 Å². The quantitative estimate of drug-likeness (QED) is 0.917. The maximum Gasteiger partial charge on any atom is 0.129 e. The minimum atomic E-state index is 0.00931. The summed E-state index contributed by atoms with van der Waals surface area (Å²) in [5.74, 6) is 1.06. The summed E-state index contributed by atoms with van der Waals surface area (Å²) in [6.45, 7) is 14.1. The molecule has 4 heteroatoms. The third kappa shape index (κ3) is 3.49. The van der Waals surface area contributed by atoms with Crippen molar-refractivity contribution in [1.82, 2.24) is 10.3 Å². The van der Waals surface area contributed by atoms with Crippen molar-refractivity contribution in [3.8, 4) is 0 Å². The van der Waals surface area contributed by atoms with E-state index in [4.69, 9.17) is 9.72 Å². The van der Waals surface area contributed by atoms with Crippen molar-refractivity contribution in [3.05, 3.63) is 23.4 Å². The molecule has 0 saturated carbocycles. The first-order chi connectivity index (χ1) is 9.40. The maximum atomic E-state index is 5.58. The minimum Gasteiger partial charge on any atom is -0.377 e. The van der Waals surface area contributed by atoms with Gasteiger partial charge in [-0.25, -0.2) is 4.98 Å². The minimum absolute atomic E-state index is 0.00931. The summed E-state index contributed by atoms with van der Waals surface area (Å²) < 4.78 is 5.58. The molecule has 2 rings (SSSR count). The van der Waals surface area contributed by atoms with Gasteiger partial charge in [-0.2, -0.15) is 0 Å². The number of nitrogens with zero attached hydrogens (tertiary/aromatic N) is 2. The third-order valence-corrected chi connectivity index (χ3v) is 3.80. The van der Waals surface area contributed by atoms with Gasteiger partial charge in [0.15, 0.2) is 0 Å². The van der Waals surface area contributed by atoms with Crippen LogP contribution in [0.1, 0.15) is 39.0 Å². The molecule has 1 aromatic heterocycles. The normalized spacial score (nSPS) is 18.6. The molecule has 0 spiro atoms. The van der Waals surface area contributed by atoms with E-state index >= 15 is 0 Å². The van der Waals surface area contributed by atoms with Crippen molar-refractivity contribution in [3.63, 3.8) is 0 Å². The molecular weight excluding hydrogens is 250 g/mol. The molecule has 1 aromatic rings. The Morgan fingerprint density at radius 1 is 1.40 bits per heavy atom. The first-order valence-electron chi connectivity index (χ1n) is 7.45. The Balaban J connectivity index is 2.15. The highest BCUT2D eigenvalue weighted by Gasteiger charge is 2.31. The van der Waals surface area contributed by atoms with Gasteiger partial charge in [-0.15, -0.1) is 0 Å². The number of rotatable bonds is 4. The summed E-state index contributed by atoms with van der Waals surface area (Å²) in [6, 6.07) is 4.82. The number of aromatic nitrogens is 1. The fourth-order valence-corrected chi connectivity index (χ4v) is 2.51. The lowest BCUT2D eigenvalue weighted by Gasteiger charge is -2.43. The summed E-state index contributed by atoms with van der Waals surface area (Å²) in [6.07, 6.45) is 0. The van der Waals surface area contributed by atoms with Gasteiger partial charge in [-0.05, 0) is 32.4 Å². The average Bonchev–Trinajstić information content (AvgIpc) is 2.36. The number of anilines is 1. The monoisotopic (exact) mass is 277 g/mol. The van der Waals surface area contributed by atoms with Crippen molar-refractivity contribution in [1.29, 1.82) is 0 Å². The van der Waals surface area contributed by atoms with Crippen LogP contribution in [0.3, 0.4) is 0 Å². The van der Waals surface area contributed by atoms with Gasteiger partial charge in [0.25, 0.3) is 0 Å². The van der Waals surface area contributed by atoms with Crippen molar-refractivity contribution in [2.75, 3.05) is 24.7 Å². The molecule has 112 valence electrons. The van der Waals surface area contributed by atoms with E-state index < -0.39 is 0 Å². The largest absolute Gasteiger partial charge is 0.377 e. The highest BCUT2D eigenvalue weighted by Crippen LogP contribution is 2.26. The first-order valence-corrected chi connectivity index (χ1v) is 7.45. The topological polar surface area (TPSA) is 37.4 Å². The molecule has 0 bridgehead atoms. The van der Waals surface area contributed by atoms with Crippen LogP contribution in [0.4, 0.5) is 5.82 Å². The first kappa shape index (κ1) is 15.3. The molecule has 1 N–H and O–H groups in total. The van der Waals surface area contributed by atoms with Crippen LogP contribution >= 0.6 is 0 Å². The Kier molecular flexibility index (Phi) is 4.66. The number of hydrogen-bond acceptors (Lipinski definition) is 4. The summed E-state index contributed by atoms with van der Waals surface area (Å²) in [7, 11) is 0. The van der Waals surface area contributed by atoms with Gasteiger partial charge in [0, 0.05) is 24.8 Å². The average molecular weight is 277 g/mol. The molecule has 2 heterocycles. The fraction of sp³-hybridized carbons (Fsp3) is 0.688. The predicted molar refractivity (Wildman–Crippen MR) is 83.2 cm³/mol. The fourth-order valence-electron chi connectivity index (χ4n) is 2.51. The van der Waals surface area contributed by atoms with E-state index in [9.17, 15) is 0 Å². The van der Waals surface area contributed by atoms with E-state index in [1.54, 1.807) is 0 Å². The van der Waals surface area contributed by atoms with Gasteiger partial charge in [0.05, 0.1) is 18.8 Å². The van der Waals surface area contributed by atoms with E-state index in [0.717, 1.165) is 37.8 Å². The third-order valence-electron chi connectivity index (χ3n) is 3.80. The Morgan fingerprint density at radius 2 is 2.15 bits per heavy atom. The van der Waals surface area contributed by atoms with E-state index in [-0.39, 0.29) is 5.54 Å². The molecule has 0 amide bonds. The zero-order chi connectivity index (χ0) is 14.8. The van der Waals surface area contributed by atoms with Crippen molar-refractivity contribution < 1.29 is 4.74 Å². The second-order valence-electron chi connectivity index (χ2n) is 6.47. The molecule has 0 aliphatic carbocycles. The van der Waals surface area contributed by atoms with Crippen LogP contribution in [-0.2, 0) is 11.3 Å². The van der Waals surface area contributed by atoms with Crippen molar-refractivity contribution in [2.45, 2.75) is 52.7 Å². The lowest BCUT2D eigenvalue weighted by Crippen LogP contribution is -2.53. The molecule has 20 heavy (non-hydrogen) atoms. The molecule has 1 aliphatic heterocycles. The Morgan fingerprint density at radius 3 is 2.75 bits per heavy atom. The molecule has 4 nitrogen and oxygen atoms in total. The zero-order valence-corrected chi connectivity index (χ0v) is 13.4. The summed E-state index contributed by atoms with van der Waals surface area (Å²) in [4.78, 5) is 7.15. The van der Waals surface area contributed by atoms with Gasteiger partial charge in [-0.1, -0.05) is 19.9 Å². The van der Waals surface area contributed by atoms with Crippen LogP contribution in [0.15, 0.2) is 12.1 Å². The van der Waals surface area contributed by atoms with Crippen LogP contribution in [0.5, 0.6) is 0 Å². The van der Waals surface area contributed by atoms with Crippen LogP contribution in [0.2, 0.25) is 0 Å². The van der Waals surface area contributed by atoms with Crippen LogP contribution in [0, 0.1) is 6.92 Å². The second-order valence-corrected chi connectivity index (χ2v) is 6.47.